The molecule has 1 heterocycles. The Labute approximate surface area is 175 Å². The first-order chi connectivity index (χ1) is 14.6. The van der Waals surface area contributed by atoms with Crippen LogP contribution in [0, 0.1) is 0 Å². The number of Topliss-reactive ketones (excluding diaryl/α,β-unsaturated/α-hetero) is 1. The summed E-state index contributed by atoms with van der Waals surface area (Å²) in [5.74, 6) is -0.168. The third-order valence-corrected chi connectivity index (χ3v) is 5.04. The highest BCUT2D eigenvalue weighted by molar-refractivity contribution is 6.02. The van der Waals surface area contributed by atoms with Crippen LogP contribution in [-0.2, 0) is 4.79 Å². The summed E-state index contributed by atoms with van der Waals surface area (Å²) >= 11 is 0. The number of phenolic OH excluding ortho intramolecular Hbond substituents is 1. The molecule has 0 saturated heterocycles. The van der Waals surface area contributed by atoms with Gasteiger partial charge in [0.25, 0.3) is 0 Å². The number of amides is 1. The standard InChI is InChI=1S/C24H26N2O4/c27-19-14-12-17(13-15-19)20-16-21(18-8-4-3-5-9-18)25-24(20)22(28)10-6-1-2-7-11-23(29)26-30/h3-5,8-9,12-16,25,27,30H,1-2,6-7,10-11H2,(H,26,29). The molecule has 1 aromatic heterocycles. The number of benzene rings is 2. The Morgan fingerprint density at radius 1 is 0.833 bits per heavy atom. The molecular formula is C24H26N2O4. The Hall–Kier alpha value is -3.38. The lowest BCUT2D eigenvalue weighted by Crippen LogP contribution is -2.17. The Balaban J connectivity index is 1.72. The van der Waals surface area contributed by atoms with Crippen LogP contribution in [0.5, 0.6) is 5.75 Å². The number of aromatic nitrogens is 1. The molecule has 0 unspecified atom stereocenters. The largest absolute Gasteiger partial charge is 0.508 e. The first kappa shape index (κ1) is 21.3. The van der Waals surface area contributed by atoms with E-state index in [4.69, 9.17) is 5.21 Å². The summed E-state index contributed by atoms with van der Waals surface area (Å²) in [7, 11) is 0. The molecule has 4 N–H and O–H groups in total. The predicted octanol–water partition coefficient (Wildman–Crippen LogP) is 5.08. The second-order valence-electron chi connectivity index (χ2n) is 7.26. The molecule has 6 nitrogen and oxygen atoms in total. The van der Waals surface area contributed by atoms with Gasteiger partial charge in [0, 0.05) is 24.1 Å². The maximum absolute atomic E-state index is 13.0. The molecule has 156 valence electrons. The van der Waals surface area contributed by atoms with Gasteiger partial charge in [0.15, 0.2) is 5.78 Å². The van der Waals surface area contributed by atoms with Crippen molar-refractivity contribution in [3.8, 4) is 28.1 Å². The number of nitrogens with one attached hydrogen (secondary N) is 2. The van der Waals surface area contributed by atoms with Crippen LogP contribution in [-0.4, -0.2) is 27.0 Å². The molecule has 0 bridgehead atoms. The molecule has 0 spiro atoms. The molecule has 6 heteroatoms. The topological polar surface area (TPSA) is 102 Å². The van der Waals surface area contributed by atoms with Crippen LogP contribution in [0.1, 0.15) is 49.0 Å². The molecule has 0 saturated carbocycles. The SMILES string of the molecule is O=C(CCCCCCC(=O)c1[nH]c(-c2ccccc2)cc1-c1ccc(O)cc1)NO. The van der Waals surface area contributed by atoms with Crippen LogP contribution >= 0.6 is 0 Å². The second kappa shape index (κ2) is 10.4. The van der Waals surface area contributed by atoms with Gasteiger partial charge in [0.2, 0.25) is 5.91 Å². The van der Waals surface area contributed by atoms with Gasteiger partial charge >= 0.3 is 0 Å². The molecule has 0 radical (unpaired) electrons. The molecule has 0 fully saturated rings. The lowest BCUT2D eigenvalue weighted by Gasteiger charge is -2.05. The molecule has 3 aromatic rings. The van der Waals surface area contributed by atoms with Crippen LogP contribution < -0.4 is 5.48 Å². The van der Waals surface area contributed by atoms with E-state index in [2.05, 4.69) is 4.98 Å². The highest BCUT2D eigenvalue weighted by Crippen LogP contribution is 2.31. The van der Waals surface area contributed by atoms with E-state index in [1.54, 1.807) is 29.7 Å². The van der Waals surface area contributed by atoms with Crippen molar-refractivity contribution in [1.29, 1.82) is 0 Å². The average molecular weight is 406 g/mol. The maximum Gasteiger partial charge on any atom is 0.243 e. The third kappa shape index (κ3) is 5.58. The number of hydrogen-bond acceptors (Lipinski definition) is 4. The fourth-order valence-electron chi connectivity index (χ4n) is 3.42. The van der Waals surface area contributed by atoms with Gasteiger partial charge in [-0.1, -0.05) is 55.3 Å². The maximum atomic E-state index is 13.0. The molecule has 30 heavy (non-hydrogen) atoms. The van der Waals surface area contributed by atoms with Gasteiger partial charge in [0.1, 0.15) is 5.75 Å². The lowest BCUT2D eigenvalue weighted by molar-refractivity contribution is -0.129. The van der Waals surface area contributed by atoms with E-state index < -0.39 is 0 Å². The zero-order chi connectivity index (χ0) is 21.3. The van der Waals surface area contributed by atoms with Crippen LogP contribution in [0.25, 0.3) is 22.4 Å². The number of hydrogen-bond donors (Lipinski definition) is 4. The number of carbonyl (C=O) groups is 2. The number of aromatic amines is 1. The second-order valence-corrected chi connectivity index (χ2v) is 7.26. The summed E-state index contributed by atoms with van der Waals surface area (Å²) in [5, 5.41) is 18.1. The normalized spacial score (nSPS) is 10.7. The minimum atomic E-state index is -0.385. The Morgan fingerprint density at radius 3 is 2.17 bits per heavy atom. The predicted molar refractivity (Wildman–Crippen MR) is 115 cm³/mol. The van der Waals surface area contributed by atoms with E-state index in [0.29, 0.717) is 18.5 Å². The number of aromatic hydroxyl groups is 1. The van der Waals surface area contributed by atoms with Gasteiger partial charge in [-0.2, -0.15) is 0 Å². The van der Waals surface area contributed by atoms with Crippen molar-refractivity contribution in [2.45, 2.75) is 38.5 Å². The molecule has 1 amide bonds. The van der Waals surface area contributed by atoms with Gasteiger partial charge in [-0.25, -0.2) is 5.48 Å². The summed E-state index contributed by atoms with van der Waals surface area (Å²) in [6.45, 7) is 0. The van der Waals surface area contributed by atoms with Gasteiger partial charge in [-0.3, -0.25) is 14.8 Å². The van der Waals surface area contributed by atoms with E-state index in [9.17, 15) is 14.7 Å². The fraction of sp³-hybridized carbons (Fsp3) is 0.250. The zero-order valence-electron chi connectivity index (χ0n) is 16.7. The number of phenols is 1. The first-order valence-electron chi connectivity index (χ1n) is 10.1. The van der Waals surface area contributed by atoms with Crippen molar-refractivity contribution in [3.63, 3.8) is 0 Å². The molecule has 0 aliphatic heterocycles. The van der Waals surface area contributed by atoms with E-state index in [-0.39, 0.29) is 23.9 Å². The van der Waals surface area contributed by atoms with E-state index in [0.717, 1.165) is 41.6 Å². The number of carbonyl (C=O) groups excluding carboxylic acids is 2. The van der Waals surface area contributed by atoms with Crippen LogP contribution in [0.2, 0.25) is 0 Å². The summed E-state index contributed by atoms with van der Waals surface area (Å²) in [6, 6.07) is 18.6. The monoisotopic (exact) mass is 406 g/mol. The van der Waals surface area contributed by atoms with E-state index in [1.165, 1.54) is 0 Å². The van der Waals surface area contributed by atoms with Crippen molar-refractivity contribution in [2.24, 2.45) is 0 Å². The highest BCUT2D eigenvalue weighted by atomic mass is 16.5. The number of unbranched alkanes of at least 4 members (excludes halogenated alkanes) is 3. The minimum absolute atomic E-state index is 0.0355. The summed E-state index contributed by atoms with van der Waals surface area (Å²) in [5.41, 5.74) is 5.75. The molecule has 0 aliphatic rings. The zero-order valence-corrected chi connectivity index (χ0v) is 16.7. The first-order valence-corrected chi connectivity index (χ1v) is 10.1. The van der Waals surface area contributed by atoms with E-state index >= 15 is 0 Å². The number of hydroxylamine groups is 1. The Kier molecular flexibility index (Phi) is 7.40. The van der Waals surface area contributed by atoms with Gasteiger partial charge < -0.3 is 10.1 Å². The van der Waals surface area contributed by atoms with Crippen LogP contribution in [0.15, 0.2) is 60.7 Å². The smallest absolute Gasteiger partial charge is 0.243 e. The van der Waals surface area contributed by atoms with Crippen molar-refractivity contribution < 1.29 is 19.9 Å². The van der Waals surface area contributed by atoms with Gasteiger partial charge in [0.05, 0.1) is 5.69 Å². The van der Waals surface area contributed by atoms with E-state index in [1.807, 2.05) is 36.4 Å². The quantitative estimate of drug-likeness (QED) is 0.163. The number of ketones is 1. The summed E-state index contributed by atoms with van der Waals surface area (Å²) < 4.78 is 0. The Morgan fingerprint density at radius 2 is 1.50 bits per heavy atom. The molecular weight excluding hydrogens is 380 g/mol. The van der Waals surface area contributed by atoms with Crippen molar-refractivity contribution in [3.05, 3.63) is 66.4 Å². The van der Waals surface area contributed by atoms with Crippen molar-refractivity contribution in [2.75, 3.05) is 0 Å². The summed E-state index contributed by atoms with van der Waals surface area (Å²) in [6.07, 6.45) is 3.77. The minimum Gasteiger partial charge on any atom is -0.508 e. The lowest BCUT2D eigenvalue weighted by atomic mass is 10.0. The average Bonchev–Trinajstić information content (AvgIpc) is 3.22. The molecule has 3 rings (SSSR count). The van der Waals surface area contributed by atoms with Crippen LogP contribution in [0.4, 0.5) is 0 Å². The number of H-pyrrole nitrogens is 1. The van der Waals surface area contributed by atoms with Gasteiger partial charge in [-0.15, -0.1) is 0 Å². The van der Waals surface area contributed by atoms with Crippen molar-refractivity contribution >= 4 is 11.7 Å². The molecule has 0 atom stereocenters. The fourth-order valence-corrected chi connectivity index (χ4v) is 3.42. The summed E-state index contributed by atoms with van der Waals surface area (Å²) in [4.78, 5) is 27.3. The highest BCUT2D eigenvalue weighted by Gasteiger charge is 2.17. The third-order valence-electron chi connectivity index (χ3n) is 5.04. The Bertz CT molecular complexity index is 978. The van der Waals surface area contributed by atoms with Crippen LogP contribution in [0.3, 0.4) is 0 Å². The molecule has 0 aliphatic carbocycles. The number of rotatable bonds is 10. The van der Waals surface area contributed by atoms with Gasteiger partial charge in [-0.05, 0) is 42.2 Å². The molecule has 2 aromatic carbocycles. The van der Waals surface area contributed by atoms with Crippen molar-refractivity contribution in [1.82, 2.24) is 10.5 Å².